The minimum Gasteiger partial charge on any atom is -0.497 e. The molecule has 0 radical (unpaired) electrons. The molecule has 0 heterocycles. The van der Waals surface area contributed by atoms with Crippen molar-refractivity contribution in [2.24, 2.45) is 5.41 Å². The maximum Gasteiger partial charge on any atom is 0.169 e. The van der Waals surface area contributed by atoms with Crippen LogP contribution in [0.5, 0.6) is 11.5 Å². The van der Waals surface area contributed by atoms with Gasteiger partial charge in [0, 0.05) is 11.0 Å². The summed E-state index contributed by atoms with van der Waals surface area (Å²) in [5.41, 5.74) is 4.27. The number of ketones is 1. The van der Waals surface area contributed by atoms with Gasteiger partial charge in [-0.25, -0.2) is 0 Å². The smallest absolute Gasteiger partial charge is 0.169 e. The van der Waals surface area contributed by atoms with E-state index in [1.165, 1.54) is 11.1 Å². The predicted molar refractivity (Wildman–Crippen MR) is 88.5 cm³/mol. The summed E-state index contributed by atoms with van der Waals surface area (Å²) in [5, 5.41) is 0. The highest BCUT2D eigenvalue weighted by Crippen LogP contribution is 2.47. The van der Waals surface area contributed by atoms with Gasteiger partial charge in [-0.3, -0.25) is 4.79 Å². The summed E-state index contributed by atoms with van der Waals surface area (Å²) in [7, 11) is 3.34. The maximum atomic E-state index is 13.2. The molecule has 1 unspecified atom stereocenters. The predicted octanol–water partition coefficient (Wildman–Crippen LogP) is 3.62. The largest absolute Gasteiger partial charge is 0.497 e. The van der Waals surface area contributed by atoms with Crippen molar-refractivity contribution in [3.8, 4) is 11.5 Å². The molecule has 2 aromatic rings. The lowest BCUT2D eigenvalue weighted by molar-refractivity contribution is 0.0771. The Morgan fingerprint density at radius 3 is 2.26 bits per heavy atom. The van der Waals surface area contributed by atoms with Gasteiger partial charge in [-0.05, 0) is 72.7 Å². The molecule has 0 saturated heterocycles. The number of aryl methyl sites for hydroxylation is 1. The first-order valence-electron chi connectivity index (χ1n) is 8.03. The Bertz CT molecular complexity index is 793. The molecule has 2 aromatic carbocycles. The molecule has 1 spiro atoms. The zero-order valence-electron chi connectivity index (χ0n) is 13.5. The van der Waals surface area contributed by atoms with Crippen molar-refractivity contribution in [3.63, 3.8) is 0 Å². The van der Waals surface area contributed by atoms with E-state index in [4.69, 9.17) is 9.47 Å². The van der Waals surface area contributed by atoms with Gasteiger partial charge in [0.2, 0.25) is 0 Å². The Hall–Kier alpha value is -2.29. The molecular formula is C20H20O3. The molecule has 0 fully saturated rings. The number of hydrogen-bond donors (Lipinski definition) is 0. The summed E-state index contributed by atoms with van der Waals surface area (Å²) in [6, 6.07) is 12.0. The molecule has 0 aromatic heterocycles. The fourth-order valence-corrected chi connectivity index (χ4v) is 4.09. The number of fused-ring (bicyclic) bond motifs is 2. The summed E-state index contributed by atoms with van der Waals surface area (Å²) in [6.07, 6.45) is 3.51. The first kappa shape index (κ1) is 14.3. The fourth-order valence-electron chi connectivity index (χ4n) is 4.09. The molecule has 2 aliphatic carbocycles. The molecule has 0 aliphatic heterocycles. The van der Waals surface area contributed by atoms with Gasteiger partial charge in [-0.2, -0.15) is 0 Å². The second kappa shape index (κ2) is 5.12. The number of carbonyl (C=O) groups is 1. The van der Waals surface area contributed by atoms with Gasteiger partial charge in [0.1, 0.15) is 11.5 Å². The highest BCUT2D eigenvalue weighted by molar-refractivity contribution is 6.03. The molecule has 3 heteroatoms. The summed E-state index contributed by atoms with van der Waals surface area (Å²) >= 11 is 0. The Morgan fingerprint density at radius 1 is 0.870 bits per heavy atom. The monoisotopic (exact) mass is 308 g/mol. The summed E-state index contributed by atoms with van der Waals surface area (Å²) in [5.74, 6) is 1.98. The van der Waals surface area contributed by atoms with E-state index in [0.29, 0.717) is 0 Å². The van der Waals surface area contributed by atoms with E-state index in [9.17, 15) is 4.79 Å². The van der Waals surface area contributed by atoms with Crippen molar-refractivity contribution in [3.05, 3.63) is 58.7 Å². The number of carbonyl (C=O) groups excluding carboxylic acids is 1. The van der Waals surface area contributed by atoms with Crippen molar-refractivity contribution < 1.29 is 14.3 Å². The van der Waals surface area contributed by atoms with Crippen LogP contribution < -0.4 is 9.47 Å². The first-order chi connectivity index (χ1) is 11.1. The van der Waals surface area contributed by atoms with Gasteiger partial charge < -0.3 is 9.47 Å². The van der Waals surface area contributed by atoms with Crippen molar-refractivity contribution in [2.75, 3.05) is 14.2 Å². The molecular weight excluding hydrogens is 288 g/mol. The van der Waals surface area contributed by atoms with Crippen LogP contribution in [0.3, 0.4) is 0 Å². The maximum absolute atomic E-state index is 13.2. The van der Waals surface area contributed by atoms with Gasteiger partial charge in [0.05, 0.1) is 14.2 Å². The van der Waals surface area contributed by atoms with Crippen LogP contribution in [0.2, 0.25) is 0 Å². The van der Waals surface area contributed by atoms with Crippen LogP contribution in [0.15, 0.2) is 36.4 Å². The fraction of sp³-hybridized carbons (Fsp3) is 0.350. The average molecular weight is 308 g/mol. The van der Waals surface area contributed by atoms with E-state index in [2.05, 4.69) is 12.1 Å². The molecule has 118 valence electrons. The van der Waals surface area contributed by atoms with Crippen LogP contribution >= 0.6 is 0 Å². The van der Waals surface area contributed by atoms with E-state index in [1.807, 2.05) is 24.3 Å². The SMILES string of the molecule is COc1ccc2c(c1)CC1(CCc3cc(OC)ccc3C1=O)C2. The summed E-state index contributed by atoms with van der Waals surface area (Å²) < 4.78 is 10.6. The number of Topliss-reactive ketones (excluding diaryl/α,β-unsaturated/α-hetero) is 1. The number of ether oxygens (including phenoxy) is 2. The second-order valence-corrected chi connectivity index (χ2v) is 6.62. The van der Waals surface area contributed by atoms with Gasteiger partial charge in [-0.15, -0.1) is 0 Å². The molecule has 23 heavy (non-hydrogen) atoms. The molecule has 2 aliphatic rings. The highest BCUT2D eigenvalue weighted by atomic mass is 16.5. The Morgan fingerprint density at radius 2 is 1.52 bits per heavy atom. The Kier molecular flexibility index (Phi) is 3.19. The molecule has 0 saturated carbocycles. The Balaban J connectivity index is 1.70. The van der Waals surface area contributed by atoms with E-state index in [1.54, 1.807) is 14.2 Å². The third-order valence-corrected chi connectivity index (χ3v) is 5.38. The van der Waals surface area contributed by atoms with Crippen LogP contribution in [0.1, 0.15) is 33.5 Å². The average Bonchev–Trinajstić information content (AvgIpc) is 2.96. The number of hydrogen-bond acceptors (Lipinski definition) is 3. The molecule has 0 amide bonds. The van der Waals surface area contributed by atoms with E-state index in [0.717, 1.165) is 48.3 Å². The number of benzene rings is 2. The lowest BCUT2D eigenvalue weighted by atomic mass is 9.68. The van der Waals surface area contributed by atoms with Crippen molar-refractivity contribution in [1.29, 1.82) is 0 Å². The third kappa shape index (κ3) is 2.14. The normalized spacial score (nSPS) is 21.9. The quantitative estimate of drug-likeness (QED) is 0.850. The second-order valence-electron chi connectivity index (χ2n) is 6.62. The Labute approximate surface area is 136 Å². The molecule has 0 N–H and O–H groups in total. The molecule has 1 atom stereocenters. The van der Waals surface area contributed by atoms with Gasteiger partial charge in [0.15, 0.2) is 5.78 Å². The zero-order valence-corrected chi connectivity index (χ0v) is 13.5. The van der Waals surface area contributed by atoms with Gasteiger partial charge in [-0.1, -0.05) is 6.07 Å². The van der Waals surface area contributed by atoms with Gasteiger partial charge in [0.25, 0.3) is 0 Å². The number of methoxy groups -OCH3 is 2. The lowest BCUT2D eigenvalue weighted by Crippen LogP contribution is -2.36. The van der Waals surface area contributed by atoms with E-state index >= 15 is 0 Å². The van der Waals surface area contributed by atoms with Crippen LogP contribution in [-0.2, 0) is 19.3 Å². The standard InChI is InChI=1S/C20H20O3/c1-22-16-4-3-14-11-20(12-15(14)10-16)8-7-13-9-17(23-2)5-6-18(13)19(20)21/h3-6,9-10H,7-8,11-12H2,1-2H3. The third-order valence-electron chi connectivity index (χ3n) is 5.38. The molecule has 0 bridgehead atoms. The van der Waals surface area contributed by atoms with Crippen LogP contribution in [0.4, 0.5) is 0 Å². The van der Waals surface area contributed by atoms with E-state index in [-0.39, 0.29) is 11.2 Å². The molecule has 4 rings (SSSR count). The molecule has 3 nitrogen and oxygen atoms in total. The first-order valence-corrected chi connectivity index (χ1v) is 8.03. The zero-order chi connectivity index (χ0) is 16.0. The van der Waals surface area contributed by atoms with Crippen molar-refractivity contribution >= 4 is 5.78 Å². The lowest BCUT2D eigenvalue weighted by Gasteiger charge is -2.33. The number of rotatable bonds is 2. The minimum atomic E-state index is -0.268. The van der Waals surface area contributed by atoms with Crippen LogP contribution in [0.25, 0.3) is 0 Å². The van der Waals surface area contributed by atoms with E-state index < -0.39 is 0 Å². The summed E-state index contributed by atoms with van der Waals surface area (Å²) in [4.78, 5) is 13.2. The highest BCUT2D eigenvalue weighted by Gasteiger charge is 2.46. The van der Waals surface area contributed by atoms with Crippen LogP contribution in [-0.4, -0.2) is 20.0 Å². The topological polar surface area (TPSA) is 35.5 Å². The van der Waals surface area contributed by atoms with Crippen molar-refractivity contribution in [1.82, 2.24) is 0 Å². The van der Waals surface area contributed by atoms with Crippen LogP contribution in [0, 0.1) is 5.41 Å². The van der Waals surface area contributed by atoms with Crippen molar-refractivity contribution in [2.45, 2.75) is 25.7 Å². The van der Waals surface area contributed by atoms with Gasteiger partial charge >= 0.3 is 0 Å². The minimum absolute atomic E-state index is 0.268. The summed E-state index contributed by atoms with van der Waals surface area (Å²) in [6.45, 7) is 0.